The smallest absolute Gasteiger partial charge is 0.00699 e. The molecule has 0 aliphatic heterocycles. The largest absolute Gasteiger partial charge is 0.327 e. The summed E-state index contributed by atoms with van der Waals surface area (Å²) >= 11 is 0. The summed E-state index contributed by atoms with van der Waals surface area (Å²) in [7, 11) is 0. The first kappa shape index (κ1) is 5.72. The van der Waals surface area contributed by atoms with Crippen molar-refractivity contribution in [3.8, 4) is 0 Å². The second-order valence-corrected chi connectivity index (χ2v) is 3.69. The molecule has 0 spiro atoms. The topological polar surface area (TPSA) is 26.0 Å². The number of fused-ring (bicyclic) bond motifs is 2. The summed E-state index contributed by atoms with van der Waals surface area (Å²) in [4.78, 5) is 0. The molecule has 0 aromatic carbocycles. The summed E-state index contributed by atoms with van der Waals surface area (Å²) in [6, 6.07) is 0.567. The van der Waals surface area contributed by atoms with Crippen LogP contribution in [0, 0.1) is 11.8 Å². The maximum atomic E-state index is 5.92. The quantitative estimate of drug-likeness (QED) is 0.522. The molecule has 0 saturated heterocycles. The molecule has 2 rings (SSSR count). The molecule has 1 heteroatoms. The Kier molecular flexibility index (Phi) is 1.26. The van der Waals surface area contributed by atoms with E-state index in [1.165, 1.54) is 32.1 Å². The van der Waals surface area contributed by atoms with Crippen molar-refractivity contribution in [2.75, 3.05) is 0 Å². The molecule has 0 heterocycles. The Labute approximate surface area is 56.6 Å². The van der Waals surface area contributed by atoms with Gasteiger partial charge in [0.05, 0.1) is 0 Å². The molecule has 2 fully saturated rings. The molecule has 1 nitrogen and oxygen atoms in total. The minimum absolute atomic E-state index is 0.567. The van der Waals surface area contributed by atoms with E-state index in [1.54, 1.807) is 0 Å². The van der Waals surface area contributed by atoms with E-state index in [0.29, 0.717) is 6.04 Å². The molecule has 2 N–H and O–H groups in total. The molecule has 9 heavy (non-hydrogen) atoms. The number of hydrogen-bond acceptors (Lipinski definition) is 1. The third kappa shape index (κ3) is 0.877. The Morgan fingerprint density at radius 2 is 2.00 bits per heavy atom. The lowest BCUT2D eigenvalue weighted by Gasteiger charge is -2.18. The van der Waals surface area contributed by atoms with Crippen LogP contribution in [-0.4, -0.2) is 6.04 Å². The summed E-state index contributed by atoms with van der Waals surface area (Å²) in [5, 5.41) is 0. The van der Waals surface area contributed by atoms with Crippen molar-refractivity contribution in [2.24, 2.45) is 17.6 Å². The van der Waals surface area contributed by atoms with Gasteiger partial charge in [0.25, 0.3) is 0 Å². The van der Waals surface area contributed by atoms with E-state index in [4.69, 9.17) is 5.73 Å². The molecule has 3 atom stereocenters. The van der Waals surface area contributed by atoms with Gasteiger partial charge in [-0.3, -0.25) is 0 Å². The van der Waals surface area contributed by atoms with Crippen LogP contribution in [-0.2, 0) is 0 Å². The number of rotatable bonds is 0. The van der Waals surface area contributed by atoms with E-state index in [9.17, 15) is 0 Å². The van der Waals surface area contributed by atoms with Gasteiger partial charge >= 0.3 is 0 Å². The van der Waals surface area contributed by atoms with Gasteiger partial charge in [-0.1, -0.05) is 12.8 Å². The molecular formula is C8H15N. The summed E-state index contributed by atoms with van der Waals surface area (Å²) < 4.78 is 0. The third-order valence-electron chi connectivity index (χ3n) is 3.03. The molecule has 0 amide bonds. The zero-order valence-corrected chi connectivity index (χ0v) is 5.84. The van der Waals surface area contributed by atoms with Gasteiger partial charge in [0.1, 0.15) is 0 Å². The van der Waals surface area contributed by atoms with Crippen LogP contribution in [0.5, 0.6) is 0 Å². The summed E-state index contributed by atoms with van der Waals surface area (Å²) in [6.45, 7) is 0. The second-order valence-electron chi connectivity index (χ2n) is 3.69. The molecule has 2 saturated carbocycles. The highest BCUT2D eigenvalue weighted by Gasteiger charge is 2.34. The average molecular weight is 125 g/mol. The molecule has 0 aromatic heterocycles. The van der Waals surface area contributed by atoms with Gasteiger partial charge in [-0.25, -0.2) is 0 Å². The van der Waals surface area contributed by atoms with Gasteiger partial charge in [-0.2, -0.15) is 0 Å². The Bertz CT molecular complexity index is 109. The van der Waals surface area contributed by atoms with Gasteiger partial charge in [0.15, 0.2) is 0 Å². The van der Waals surface area contributed by atoms with Gasteiger partial charge in [-0.15, -0.1) is 0 Å². The van der Waals surface area contributed by atoms with E-state index in [2.05, 4.69) is 0 Å². The number of nitrogens with two attached hydrogens (primary N) is 1. The Morgan fingerprint density at radius 3 is 2.67 bits per heavy atom. The van der Waals surface area contributed by atoms with Crippen LogP contribution < -0.4 is 5.73 Å². The standard InChI is InChI=1S/C8H15N/c9-8-5-6-2-1-3-7(8)4-6/h6-8H,1-5,9H2/t6-,7+,8+/m0/s1. The molecule has 0 aromatic rings. The fraction of sp³-hybridized carbons (Fsp3) is 1.00. The highest BCUT2D eigenvalue weighted by atomic mass is 14.7. The minimum atomic E-state index is 0.567. The first-order valence-corrected chi connectivity index (χ1v) is 4.12. The maximum absolute atomic E-state index is 5.92. The van der Waals surface area contributed by atoms with Crippen molar-refractivity contribution in [3.05, 3.63) is 0 Å². The molecule has 2 bridgehead atoms. The lowest BCUT2D eigenvalue weighted by Crippen LogP contribution is -2.23. The van der Waals surface area contributed by atoms with Crippen molar-refractivity contribution in [3.63, 3.8) is 0 Å². The normalized spacial score (nSPS) is 49.7. The Hall–Kier alpha value is -0.0400. The highest BCUT2D eigenvalue weighted by Crippen LogP contribution is 2.40. The molecule has 0 radical (unpaired) electrons. The van der Waals surface area contributed by atoms with E-state index in [-0.39, 0.29) is 0 Å². The zero-order chi connectivity index (χ0) is 6.27. The average Bonchev–Trinajstić information content (AvgIpc) is 2.09. The lowest BCUT2D eigenvalue weighted by atomic mass is 9.89. The van der Waals surface area contributed by atoms with Crippen LogP contribution in [0.1, 0.15) is 32.1 Å². The van der Waals surface area contributed by atoms with Gasteiger partial charge < -0.3 is 5.73 Å². The molecule has 52 valence electrons. The van der Waals surface area contributed by atoms with Crippen molar-refractivity contribution in [2.45, 2.75) is 38.1 Å². The first-order valence-electron chi connectivity index (χ1n) is 4.12. The zero-order valence-electron chi connectivity index (χ0n) is 5.84. The second kappa shape index (κ2) is 1.98. The van der Waals surface area contributed by atoms with E-state index in [0.717, 1.165) is 11.8 Å². The fourth-order valence-corrected chi connectivity index (χ4v) is 2.51. The van der Waals surface area contributed by atoms with Crippen molar-refractivity contribution < 1.29 is 0 Å². The van der Waals surface area contributed by atoms with Crippen LogP contribution in [0.25, 0.3) is 0 Å². The van der Waals surface area contributed by atoms with Crippen LogP contribution >= 0.6 is 0 Å². The molecule has 2 aliphatic carbocycles. The third-order valence-corrected chi connectivity index (χ3v) is 3.03. The van der Waals surface area contributed by atoms with E-state index >= 15 is 0 Å². The molecular weight excluding hydrogens is 110 g/mol. The minimum Gasteiger partial charge on any atom is -0.327 e. The Morgan fingerprint density at radius 1 is 1.11 bits per heavy atom. The van der Waals surface area contributed by atoms with Crippen molar-refractivity contribution in [1.29, 1.82) is 0 Å². The van der Waals surface area contributed by atoms with E-state index < -0.39 is 0 Å². The van der Waals surface area contributed by atoms with Crippen LogP contribution in [0.4, 0.5) is 0 Å². The predicted octanol–water partition coefficient (Wildman–Crippen LogP) is 1.52. The monoisotopic (exact) mass is 125 g/mol. The summed E-state index contributed by atoms with van der Waals surface area (Å²) in [5.74, 6) is 1.92. The summed E-state index contributed by atoms with van der Waals surface area (Å²) in [6.07, 6.45) is 7.09. The van der Waals surface area contributed by atoms with Gasteiger partial charge in [0, 0.05) is 6.04 Å². The summed E-state index contributed by atoms with van der Waals surface area (Å²) in [5.41, 5.74) is 5.92. The molecule has 2 aliphatic rings. The van der Waals surface area contributed by atoms with Crippen LogP contribution in [0.2, 0.25) is 0 Å². The fourth-order valence-electron chi connectivity index (χ4n) is 2.51. The first-order chi connectivity index (χ1) is 4.36. The van der Waals surface area contributed by atoms with E-state index in [1.807, 2.05) is 0 Å². The van der Waals surface area contributed by atoms with Gasteiger partial charge in [0.2, 0.25) is 0 Å². The van der Waals surface area contributed by atoms with Crippen molar-refractivity contribution >= 4 is 0 Å². The molecule has 0 unspecified atom stereocenters. The highest BCUT2D eigenvalue weighted by molar-refractivity contribution is 4.89. The van der Waals surface area contributed by atoms with Crippen LogP contribution in [0.15, 0.2) is 0 Å². The Balaban J connectivity index is 2.07. The van der Waals surface area contributed by atoms with Gasteiger partial charge in [-0.05, 0) is 31.1 Å². The SMILES string of the molecule is N[C@@H]1C[C@H]2CCC[C@@H]1C2. The maximum Gasteiger partial charge on any atom is 0.00699 e. The number of hydrogen-bond donors (Lipinski definition) is 1. The van der Waals surface area contributed by atoms with Crippen LogP contribution in [0.3, 0.4) is 0 Å². The van der Waals surface area contributed by atoms with Crippen molar-refractivity contribution in [1.82, 2.24) is 0 Å². The lowest BCUT2D eigenvalue weighted by molar-refractivity contribution is 0.350. The predicted molar refractivity (Wildman–Crippen MR) is 38.0 cm³/mol.